The first kappa shape index (κ1) is 24.1. The third-order valence-corrected chi connectivity index (χ3v) is 4.01. The highest BCUT2D eigenvalue weighted by Crippen LogP contribution is 2.33. The van der Waals surface area contributed by atoms with E-state index in [1.165, 1.54) is 0 Å². The number of carbonyl (C=O) groups is 1. The fourth-order valence-corrected chi connectivity index (χ4v) is 2.57. The molecule has 2 rings (SSSR count). The summed E-state index contributed by atoms with van der Waals surface area (Å²) in [7, 11) is 3.15. The molecule has 0 spiro atoms. The van der Waals surface area contributed by atoms with Crippen molar-refractivity contribution < 1.29 is 19.0 Å². The number of guanidine groups is 1. The zero-order chi connectivity index (χ0) is 20.0. The molecule has 0 aliphatic heterocycles. The van der Waals surface area contributed by atoms with Gasteiger partial charge in [0.05, 0.1) is 26.8 Å². The predicted octanol–water partition coefficient (Wildman–Crippen LogP) is 3.35. The Bertz CT molecular complexity index is 687. The van der Waals surface area contributed by atoms with Gasteiger partial charge in [0.15, 0.2) is 17.5 Å². The molecule has 1 aliphatic rings. The maximum atomic E-state index is 12.0. The van der Waals surface area contributed by atoms with Gasteiger partial charge in [-0.05, 0) is 51.7 Å². The summed E-state index contributed by atoms with van der Waals surface area (Å²) in [5.41, 5.74) is 6.19. The Kier molecular flexibility index (Phi) is 9.12. The van der Waals surface area contributed by atoms with E-state index in [1.54, 1.807) is 26.4 Å². The van der Waals surface area contributed by atoms with Crippen LogP contribution in [0.15, 0.2) is 23.2 Å². The lowest BCUT2D eigenvalue weighted by molar-refractivity contribution is 0.0500. The average Bonchev–Trinajstić information content (AvgIpc) is 3.41. The van der Waals surface area contributed by atoms with Gasteiger partial charge in [-0.1, -0.05) is 0 Å². The van der Waals surface area contributed by atoms with Crippen LogP contribution in [0.1, 0.15) is 33.6 Å². The molecule has 0 saturated heterocycles. The Hall–Kier alpha value is -1.91. The fourth-order valence-electron chi connectivity index (χ4n) is 2.57. The number of nitrogens with one attached hydrogen (secondary N) is 2. The molecular formula is C19H31IN4O4. The van der Waals surface area contributed by atoms with Crippen LogP contribution in [0.4, 0.5) is 10.5 Å². The van der Waals surface area contributed by atoms with E-state index < -0.39 is 11.7 Å². The summed E-state index contributed by atoms with van der Waals surface area (Å²) in [6, 6.07) is 5.29. The van der Waals surface area contributed by atoms with Crippen molar-refractivity contribution in [2.75, 3.05) is 26.1 Å². The number of ether oxygens (including phenoxy) is 3. The molecule has 0 aromatic heterocycles. The van der Waals surface area contributed by atoms with E-state index in [0.717, 1.165) is 18.5 Å². The first-order chi connectivity index (χ1) is 12.7. The van der Waals surface area contributed by atoms with Crippen molar-refractivity contribution in [3.8, 4) is 11.5 Å². The van der Waals surface area contributed by atoms with Crippen molar-refractivity contribution in [2.24, 2.45) is 16.6 Å². The molecule has 4 N–H and O–H groups in total. The van der Waals surface area contributed by atoms with Gasteiger partial charge in [-0.15, -0.1) is 24.0 Å². The van der Waals surface area contributed by atoms with E-state index in [9.17, 15) is 4.79 Å². The van der Waals surface area contributed by atoms with Gasteiger partial charge in [0, 0.05) is 11.8 Å². The number of halogens is 1. The normalized spacial score (nSPS) is 15.1. The minimum atomic E-state index is -0.532. The lowest BCUT2D eigenvalue weighted by atomic mass is 10.2. The highest BCUT2D eigenvalue weighted by atomic mass is 127. The summed E-state index contributed by atoms with van der Waals surface area (Å²) in [6.45, 7) is 5.89. The number of methoxy groups -OCH3 is 2. The summed E-state index contributed by atoms with van der Waals surface area (Å²) < 4.78 is 15.8. The molecule has 1 aliphatic carbocycles. The fraction of sp³-hybridized carbons (Fsp3) is 0.579. The van der Waals surface area contributed by atoms with Crippen molar-refractivity contribution in [3.05, 3.63) is 18.2 Å². The monoisotopic (exact) mass is 506 g/mol. The third kappa shape index (κ3) is 7.99. The SMILES string of the molecule is COc1ccc(NC(N)=NCC(NC(=O)OC(C)(C)C)C2CC2)cc1OC.I. The quantitative estimate of drug-likeness (QED) is 0.298. The minimum Gasteiger partial charge on any atom is -0.493 e. The molecule has 9 heteroatoms. The number of alkyl carbamates (subject to hydrolysis) is 1. The Morgan fingerprint density at radius 3 is 2.43 bits per heavy atom. The molecule has 1 atom stereocenters. The van der Waals surface area contributed by atoms with Crippen molar-refractivity contribution in [2.45, 2.75) is 45.3 Å². The second kappa shape index (κ2) is 10.6. The molecule has 1 saturated carbocycles. The van der Waals surface area contributed by atoms with Gasteiger partial charge in [0.25, 0.3) is 0 Å². The zero-order valence-corrected chi connectivity index (χ0v) is 19.4. The number of nitrogens with two attached hydrogens (primary N) is 1. The van der Waals surface area contributed by atoms with Gasteiger partial charge in [-0.3, -0.25) is 4.99 Å². The number of nitrogens with zero attached hydrogens (tertiary/aromatic N) is 1. The number of aliphatic imine (C=N–C) groups is 1. The number of hydrogen-bond donors (Lipinski definition) is 3. The Morgan fingerprint density at radius 1 is 1.25 bits per heavy atom. The standard InChI is InChI=1S/C19H30N4O4.HI/c1-19(2,3)27-18(24)23-14(12-6-7-12)11-21-17(20)22-13-8-9-15(25-4)16(10-13)26-5;/h8-10,12,14H,6-7,11H2,1-5H3,(H,23,24)(H3,20,21,22);1H. The summed E-state index contributed by atoms with van der Waals surface area (Å²) in [5, 5.41) is 5.92. The van der Waals surface area contributed by atoms with Crippen LogP contribution in [0.5, 0.6) is 11.5 Å². The van der Waals surface area contributed by atoms with E-state index in [0.29, 0.717) is 24.0 Å². The van der Waals surface area contributed by atoms with Gasteiger partial charge in [-0.25, -0.2) is 4.79 Å². The lowest BCUT2D eigenvalue weighted by Gasteiger charge is -2.23. The minimum absolute atomic E-state index is 0. The van der Waals surface area contributed by atoms with Crippen LogP contribution in [0.2, 0.25) is 0 Å². The Labute approximate surface area is 183 Å². The Morgan fingerprint density at radius 2 is 1.89 bits per heavy atom. The molecule has 1 aromatic carbocycles. The van der Waals surface area contributed by atoms with Crippen molar-refractivity contribution in [1.29, 1.82) is 0 Å². The van der Waals surface area contributed by atoms with Crippen LogP contribution in [-0.2, 0) is 4.74 Å². The van der Waals surface area contributed by atoms with Gasteiger partial charge in [-0.2, -0.15) is 0 Å². The predicted molar refractivity (Wildman–Crippen MR) is 121 cm³/mol. The molecule has 1 aromatic rings. The molecule has 0 bridgehead atoms. The second-order valence-electron chi connectivity index (χ2n) is 7.51. The van der Waals surface area contributed by atoms with E-state index in [1.807, 2.05) is 26.8 Å². The van der Waals surface area contributed by atoms with Crippen LogP contribution in [0.25, 0.3) is 0 Å². The second-order valence-corrected chi connectivity index (χ2v) is 7.51. The molecular weight excluding hydrogens is 475 g/mol. The zero-order valence-electron chi connectivity index (χ0n) is 17.1. The van der Waals surface area contributed by atoms with E-state index in [-0.39, 0.29) is 36.0 Å². The molecule has 28 heavy (non-hydrogen) atoms. The van der Waals surface area contributed by atoms with Crippen LogP contribution < -0.4 is 25.8 Å². The van der Waals surface area contributed by atoms with Gasteiger partial charge in [0.1, 0.15) is 5.60 Å². The lowest BCUT2D eigenvalue weighted by Crippen LogP contribution is -2.42. The molecule has 0 radical (unpaired) electrons. The van der Waals surface area contributed by atoms with Crippen molar-refractivity contribution >= 4 is 41.7 Å². The highest BCUT2D eigenvalue weighted by Gasteiger charge is 2.33. The Balaban J connectivity index is 0.00000392. The molecule has 8 nitrogen and oxygen atoms in total. The smallest absolute Gasteiger partial charge is 0.407 e. The number of benzene rings is 1. The van der Waals surface area contributed by atoms with Crippen LogP contribution in [0.3, 0.4) is 0 Å². The van der Waals surface area contributed by atoms with Crippen LogP contribution in [-0.4, -0.2) is 44.5 Å². The largest absolute Gasteiger partial charge is 0.493 e. The van der Waals surface area contributed by atoms with Crippen molar-refractivity contribution in [3.63, 3.8) is 0 Å². The first-order valence-electron chi connectivity index (χ1n) is 9.00. The molecule has 0 heterocycles. The van der Waals surface area contributed by atoms with Gasteiger partial charge in [0.2, 0.25) is 0 Å². The molecule has 158 valence electrons. The van der Waals surface area contributed by atoms with E-state index >= 15 is 0 Å². The summed E-state index contributed by atoms with van der Waals surface area (Å²) in [5.74, 6) is 1.90. The molecule has 1 unspecified atom stereocenters. The average molecular weight is 506 g/mol. The first-order valence-corrected chi connectivity index (χ1v) is 9.00. The number of carbonyl (C=O) groups excluding carboxylic acids is 1. The number of hydrogen-bond acceptors (Lipinski definition) is 5. The molecule has 1 fully saturated rings. The summed E-state index contributed by atoms with van der Waals surface area (Å²) in [4.78, 5) is 16.4. The topological polar surface area (TPSA) is 107 Å². The van der Waals surface area contributed by atoms with E-state index in [4.69, 9.17) is 19.9 Å². The number of amides is 1. The van der Waals surface area contributed by atoms with Crippen LogP contribution >= 0.6 is 24.0 Å². The number of rotatable bonds is 7. The van der Waals surface area contributed by atoms with Crippen molar-refractivity contribution in [1.82, 2.24) is 5.32 Å². The number of anilines is 1. The van der Waals surface area contributed by atoms with Gasteiger partial charge < -0.3 is 30.6 Å². The third-order valence-electron chi connectivity index (χ3n) is 4.01. The molecule has 1 amide bonds. The highest BCUT2D eigenvalue weighted by molar-refractivity contribution is 14.0. The maximum absolute atomic E-state index is 12.0. The summed E-state index contributed by atoms with van der Waals surface area (Å²) in [6.07, 6.45) is 1.71. The summed E-state index contributed by atoms with van der Waals surface area (Å²) >= 11 is 0. The van der Waals surface area contributed by atoms with E-state index in [2.05, 4.69) is 15.6 Å². The van der Waals surface area contributed by atoms with Crippen LogP contribution in [0, 0.1) is 5.92 Å². The van der Waals surface area contributed by atoms with Gasteiger partial charge >= 0.3 is 6.09 Å². The maximum Gasteiger partial charge on any atom is 0.407 e.